The van der Waals surface area contributed by atoms with Gasteiger partial charge in [-0.05, 0) is 29.8 Å². The first kappa shape index (κ1) is 20.2. The molecule has 0 spiro atoms. The van der Waals surface area contributed by atoms with Crippen LogP contribution in [-0.4, -0.2) is 56.8 Å². The Morgan fingerprint density at radius 2 is 1.68 bits per heavy atom. The highest BCUT2D eigenvalue weighted by molar-refractivity contribution is 7.89. The minimum atomic E-state index is -4.09. The number of methoxy groups -OCH3 is 1. The third-order valence-electron chi connectivity index (χ3n) is 4.62. The molecular weight excluding hydrogens is 390 g/mol. The number of hydrogen-bond acceptors (Lipinski definition) is 4. The number of piperazine rings is 1. The van der Waals surface area contributed by atoms with Gasteiger partial charge in [0.05, 0.1) is 13.5 Å². The summed E-state index contributed by atoms with van der Waals surface area (Å²) in [6.07, 6.45) is 0.198. The standard InChI is InChI=1S/C19H20F2N2O4S/c1-27-16-5-2-14(3-6-16)12-19(24)22-8-10-23(11-9-22)28(25,26)18-7-4-15(20)13-17(18)21/h2-7,13H,8-12H2,1H3. The van der Waals surface area contributed by atoms with Crippen LogP contribution >= 0.6 is 0 Å². The summed E-state index contributed by atoms with van der Waals surface area (Å²) in [4.78, 5) is 13.5. The number of carbonyl (C=O) groups is 1. The van der Waals surface area contributed by atoms with Gasteiger partial charge in [0.1, 0.15) is 22.3 Å². The van der Waals surface area contributed by atoms with Crippen LogP contribution in [0.5, 0.6) is 5.75 Å². The Labute approximate surface area is 162 Å². The van der Waals surface area contributed by atoms with Crippen LogP contribution in [0, 0.1) is 11.6 Å². The molecule has 6 nitrogen and oxygen atoms in total. The number of carbonyl (C=O) groups excluding carboxylic acids is 1. The van der Waals surface area contributed by atoms with Gasteiger partial charge < -0.3 is 9.64 Å². The molecule has 1 fully saturated rings. The molecule has 3 rings (SSSR count). The fourth-order valence-corrected chi connectivity index (χ4v) is 4.50. The molecule has 1 aliphatic rings. The molecular formula is C19H20F2N2O4S. The normalized spacial score (nSPS) is 15.5. The first-order chi connectivity index (χ1) is 13.3. The zero-order valence-corrected chi connectivity index (χ0v) is 16.1. The van der Waals surface area contributed by atoms with Crippen molar-refractivity contribution in [2.75, 3.05) is 33.3 Å². The summed E-state index contributed by atoms with van der Waals surface area (Å²) in [6.45, 7) is 0.509. The number of benzene rings is 2. The van der Waals surface area contributed by atoms with E-state index in [4.69, 9.17) is 4.74 Å². The predicted octanol–water partition coefficient (Wildman–Crippen LogP) is 2.05. The summed E-state index contributed by atoms with van der Waals surface area (Å²) >= 11 is 0. The maximum atomic E-state index is 13.9. The van der Waals surface area contributed by atoms with E-state index in [2.05, 4.69) is 0 Å². The van der Waals surface area contributed by atoms with Crippen molar-refractivity contribution >= 4 is 15.9 Å². The lowest BCUT2D eigenvalue weighted by Gasteiger charge is -2.34. The van der Waals surface area contributed by atoms with Crippen molar-refractivity contribution in [3.8, 4) is 5.75 Å². The van der Waals surface area contributed by atoms with Gasteiger partial charge in [0.2, 0.25) is 15.9 Å². The van der Waals surface area contributed by atoms with Crippen LogP contribution in [0.3, 0.4) is 0 Å². The maximum absolute atomic E-state index is 13.9. The van der Waals surface area contributed by atoms with Crippen molar-refractivity contribution in [1.82, 2.24) is 9.21 Å². The smallest absolute Gasteiger partial charge is 0.246 e. The fraction of sp³-hybridized carbons (Fsp3) is 0.316. The van der Waals surface area contributed by atoms with E-state index in [1.54, 1.807) is 36.3 Å². The molecule has 0 saturated carbocycles. The van der Waals surface area contributed by atoms with E-state index in [1.165, 1.54) is 0 Å². The Balaban J connectivity index is 1.62. The van der Waals surface area contributed by atoms with E-state index in [0.29, 0.717) is 11.8 Å². The number of ether oxygens (including phenoxy) is 1. The van der Waals surface area contributed by atoms with Crippen molar-refractivity contribution in [3.63, 3.8) is 0 Å². The van der Waals surface area contributed by atoms with E-state index in [-0.39, 0.29) is 38.5 Å². The Hall–Kier alpha value is -2.52. The number of halogens is 2. The highest BCUT2D eigenvalue weighted by Crippen LogP contribution is 2.22. The molecule has 9 heteroatoms. The summed E-state index contributed by atoms with van der Waals surface area (Å²) in [5.74, 6) is -1.39. The van der Waals surface area contributed by atoms with Crippen LogP contribution in [0.4, 0.5) is 8.78 Å². The van der Waals surface area contributed by atoms with Crippen LogP contribution in [0.15, 0.2) is 47.4 Å². The number of hydrogen-bond donors (Lipinski definition) is 0. The van der Waals surface area contributed by atoms with Gasteiger partial charge in [-0.1, -0.05) is 12.1 Å². The monoisotopic (exact) mass is 410 g/mol. The van der Waals surface area contributed by atoms with Crippen molar-refractivity contribution in [3.05, 3.63) is 59.7 Å². The molecule has 0 N–H and O–H groups in total. The number of rotatable bonds is 5. The second kappa shape index (κ2) is 8.24. The fourth-order valence-electron chi connectivity index (χ4n) is 3.03. The predicted molar refractivity (Wildman–Crippen MR) is 98.4 cm³/mol. The zero-order valence-electron chi connectivity index (χ0n) is 15.3. The van der Waals surface area contributed by atoms with E-state index in [9.17, 15) is 22.0 Å². The van der Waals surface area contributed by atoms with Gasteiger partial charge in [0, 0.05) is 32.2 Å². The third-order valence-corrected chi connectivity index (χ3v) is 6.55. The van der Waals surface area contributed by atoms with Gasteiger partial charge in [-0.25, -0.2) is 17.2 Å². The van der Waals surface area contributed by atoms with Gasteiger partial charge in [-0.15, -0.1) is 0 Å². The summed E-state index contributed by atoms with van der Waals surface area (Å²) in [5.41, 5.74) is 0.828. The lowest BCUT2D eigenvalue weighted by Crippen LogP contribution is -2.51. The van der Waals surface area contributed by atoms with Crippen molar-refractivity contribution < 1.29 is 26.7 Å². The summed E-state index contributed by atoms with van der Waals surface area (Å²) in [5, 5.41) is 0. The molecule has 0 aliphatic carbocycles. The molecule has 2 aromatic carbocycles. The quantitative estimate of drug-likeness (QED) is 0.757. The lowest BCUT2D eigenvalue weighted by molar-refractivity contribution is -0.131. The average Bonchev–Trinajstić information content (AvgIpc) is 2.68. The lowest BCUT2D eigenvalue weighted by atomic mass is 10.1. The van der Waals surface area contributed by atoms with Crippen LogP contribution in [0.25, 0.3) is 0 Å². The first-order valence-electron chi connectivity index (χ1n) is 8.67. The number of sulfonamides is 1. The van der Waals surface area contributed by atoms with E-state index >= 15 is 0 Å². The van der Waals surface area contributed by atoms with Crippen LogP contribution in [0.1, 0.15) is 5.56 Å². The molecule has 150 valence electrons. The van der Waals surface area contributed by atoms with Gasteiger partial charge in [-0.3, -0.25) is 4.79 Å². The van der Waals surface area contributed by atoms with Gasteiger partial charge in [-0.2, -0.15) is 4.31 Å². The minimum Gasteiger partial charge on any atom is -0.497 e. The molecule has 0 aromatic heterocycles. The minimum absolute atomic E-state index is 0.0491. The van der Waals surface area contributed by atoms with Crippen LogP contribution < -0.4 is 4.74 Å². The van der Waals surface area contributed by atoms with Crippen LogP contribution in [-0.2, 0) is 21.2 Å². The molecule has 0 unspecified atom stereocenters. The Morgan fingerprint density at radius 1 is 1.04 bits per heavy atom. The number of amides is 1. The molecule has 2 aromatic rings. The summed E-state index contributed by atoms with van der Waals surface area (Å²) in [7, 11) is -2.52. The largest absolute Gasteiger partial charge is 0.497 e. The summed E-state index contributed by atoms with van der Waals surface area (Å²) in [6, 6.07) is 9.51. The highest BCUT2D eigenvalue weighted by atomic mass is 32.2. The van der Waals surface area contributed by atoms with Crippen LogP contribution in [0.2, 0.25) is 0 Å². The van der Waals surface area contributed by atoms with E-state index in [1.807, 2.05) is 0 Å². The SMILES string of the molecule is COc1ccc(CC(=O)N2CCN(S(=O)(=O)c3ccc(F)cc3F)CC2)cc1. The maximum Gasteiger partial charge on any atom is 0.246 e. The molecule has 0 atom stereocenters. The Bertz CT molecular complexity index is 956. The molecule has 28 heavy (non-hydrogen) atoms. The molecule has 0 radical (unpaired) electrons. The average molecular weight is 410 g/mol. The van der Waals surface area contributed by atoms with Gasteiger partial charge >= 0.3 is 0 Å². The van der Waals surface area contributed by atoms with E-state index in [0.717, 1.165) is 22.0 Å². The molecule has 1 heterocycles. The second-order valence-electron chi connectivity index (χ2n) is 6.38. The van der Waals surface area contributed by atoms with Crippen molar-refractivity contribution in [2.24, 2.45) is 0 Å². The molecule has 1 amide bonds. The van der Waals surface area contributed by atoms with Crippen molar-refractivity contribution in [2.45, 2.75) is 11.3 Å². The second-order valence-corrected chi connectivity index (χ2v) is 8.29. The third kappa shape index (κ3) is 4.31. The number of nitrogens with zero attached hydrogens (tertiary/aromatic N) is 2. The topological polar surface area (TPSA) is 66.9 Å². The summed E-state index contributed by atoms with van der Waals surface area (Å²) < 4.78 is 58.3. The van der Waals surface area contributed by atoms with E-state index < -0.39 is 26.6 Å². The van der Waals surface area contributed by atoms with Crippen molar-refractivity contribution in [1.29, 1.82) is 0 Å². The highest BCUT2D eigenvalue weighted by Gasteiger charge is 2.32. The van der Waals surface area contributed by atoms with Gasteiger partial charge in [0.25, 0.3) is 0 Å². The molecule has 0 bridgehead atoms. The molecule has 1 aliphatic heterocycles. The zero-order chi connectivity index (χ0) is 20.3. The Morgan fingerprint density at radius 3 is 2.25 bits per heavy atom. The molecule has 1 saturated heterocycles. The first-order valence-corrected chi connectivity index (χ1v) is 10.1. The Kier molecular flexibility index (Phi) is 5.95. The van der Waals surface area contributed by atoms with Gasteiger partial charge in [0.15, 0.2) is 0 Å².